The summed E-state index contributed by atoms with van der Waals surface area (Å²) in [6.45, 7) is 21.8. The molecule has 0 aliphatic heterocycles. The first-order chi connectivity index (χ1) is 14.8. The van der Waals surface area contributed by atoms with Crippen LogP contribution in [-0.2, 0) is 14.3 Å². The molecule has 0 fully saturated rings. The van der Waals surface area contributed by atoms with Crippen LogP contribution >= 0.6 is 11.9 Å². The SMILES string of the molecule is C=C/C(=C\C=C\OC)c1ccc(SNCC(=O)OC(C)(C)C)cc1.CC.CC.CCC. The lowest BCUT2D eigenvalue weighted by Gasteiger charge is -2.19. The van der Waals surface area contributed by atoms with E-state index >= 15 is 0 Å². The maximum absolute atomic E-state index is 11.6. The molecule has 178 valence electrons. The van der Waals surface area contributed by atoms with E-state index in [1.165, 1.54) is 18.4 Å². The Labute approximate surface area is 196 Å². The molecule has 4 nitrogen and oxygen atoms in total. The van der Waals surface area contributed by atoms with Gasteiger partial charge < -0.3 is 9.47 Å². The number of ether oxygens (including phenoxy) is 2. The molecule has 0 heterocycles. The summed E-state index contributed by atoms with van der Waals surface area (Å²) in [4.78, 5) is 12.6. The minimum atomic E-state index is -0.463. The molecule has 0 aromatic heterocycles. The quantitative estimate of drug-likeness (QED) is 0.189. The predicted molar refractivity (Wildman–Crippen MR) is 139 cm³/mol. The van der Waals surface area contributed by atoms with E-state index in [0.29, 0.717) is 0 Å². The summed E-state index contributed by atoms with van der Waals surface area (Å²) in [6.07, 6.45) is 8.40. The van der Waals surface area contributed by atoms with Crippen LogP contribution in [0.4, 0.5) is 0 Å². The van der Waals surface area contributed by atoms with Gasteiger partial charge >= 0.3 is 5.97 Å². The van der Waals surface area contributed by atoms with Gasteiger partial charge in [-0.3, -0.25) is 4.79 Å². The molecule has 1 rings (SSSR count). The number of carbonyl (C=O) groups excluding carboxylic acids is 1. The topological polar surface area (TPSA) is 47.6 Å². The smallest absolute Gasteiger partial charge is 0.321 e. The molecule has 0 saturated heterocycles. The number of carbonyl (C=O) groups is 1. The minimum absolute atomic E-state index is 0.156. The fraction of sp³-hybridized carbons (Fsp3) is 0.500. The number of benzene rings is 1. The van der Waals surface area contributed by atoms with E-state index in [2.05, 4.69) is 25.1 Å². The number of rotatable bonds is 8. The summed E-state index contributed by atoms with van der Waals surface area (Å²) >= 11 is 1.39. The molecule has 31 heavy (non-hydrogen) atoms. The van der Waals surface area contributed by atoms with Gasteiger partial charge in [0.2, 0.25) is 0 Å². The van der Waals surface area contributed by atoms with E-state index in [9.17, 15) is 4.79 Å². The van der Waals surface area contributed by atoms with Crippen molar-refractivity contribution in [3.05, 3.63) is 60.9 Å². The first kappa shape index (κ1) is 33.7. The zero-order valence-corrected chi connectivity index (χ0v) is 22.2. The highest BCUT2D eigenvalue weighted by Gasteiger charge is 2.15. The summed E-state index contributed by atoms with van der Waals surface area (Å²) in [5.74, 6) is -0.270. The number of hydrogen-bond acceptors (Lipinski definition) is 5. The summed E-state index contributed by atoms with van der Waals surface area (Å²) in [7, 11) is 1.61. The Morgan fingerprint density at radius 3 is 2.03 bits per heavy atom. The van der Waals surface area contributed by atoms with Gasteiger partial charge in [-0.15, -0.1) is 0 Å². The van der Waals surface area contributed by atoms with E-state index < -0.39 is 5.60 Å². The van der Waals surface area contributed by atoms with Crippen LogP contribution in [0.15, 0.2) is 60.2 Å². The minimum Gasteiger partial charge on any atom is -0.504 e. The van der Waals surface area contributed by atoms with E-state index in [1.807, 2.05) is 84.9 Å². The fourth-order valence-corrected chi connectivity index (χ4v) is 2.40. The van der Waals surface area contributed by atoms with Gasteiger partial charge in [-0.1, -0.05) is 78.8 Å². The Kier molecular flexibility index (Phi) is 24.6. The van der Waals surface area contributed by atoms with Gasteiger partial charge in [0.05, 0.1) is 13.4 Å². The van der Waals surface area contributed by atoms with Crippen molar-refractivity contribution in [3.8, 4) is 0 Å². The molecule has 0 saturated carbocycles. The van der Waals surface area contributed by atoms with E-state index in [-0.39, 0.29) is 12.5 Å². The molecule has 0 aliphatic rings. The molecule has 1 N–H and O–H groups in total. The second-order valence-electron chi connectivity index (χ2n) is 6.63. The number of allylic oxidation sites excluding steroid dienone is 4. The van der Waals surface area contributed by atoms with Gasteiger partial charge in [-0.25, -0.2) is 4.72 Å². The molecule has 1 aromatic carbocycles. The van der Waals surface area contributed by atoms with E-state index in [0.717, 1.165) is 16.0 Å². The molecular weight excluding hydrogens is 406 g/mol. The summed E-state index contributed by atoms with van der Waals surface area (Å²) in [5.41, 5.74) is 1.60. The Hall–Kier alpha value is -1.98. The lowest BCUT2D eigenvalue weighted by atomic mass is 10.1. The highest BCUT2D eigenvalue weighted by atomic mass is 32.2. The third-order valence-corrected chi connectivity index (χ3v) is 3.52. The number of methoxy groups -OCH3 is 1. The van der Waals surface area contributed by atoms with Crippen molar-refractivity contribution in [1.82, 2.24) is 4.72 Å². The van der Waals surface area contributed by atoms with Crippen molar-refractivity contribution in [1.29, 1.82) is 0 Å². The van der Waals surface area contributed by atoms with Crippen LogP contribution in [0.2, 0.25) is 0 Å². The van der Waals surface area contributed by atoms with Gasteiger partial charge in [0.1, 0.15) is 12.1 Å². The zero-order valence-electron chi connectivity index (χ0n) is 21.4. The van der Waals surface area contributed by atoms with Crippen molar-refractivity contribution in [2.24, 2.45) is 0 Å². The molecule has 0 atom stereocenters. The molecule has 0 radical (unpaired) electrons. The average molecular weight is 452 g/mol. The molecule has 0 amide bonds. The summed E-state index contributed by atoms with van der Waals surface area (Å²) in [5, 5.41) is 0. The van der Waals surface area contributed by atoms with Crippen LogP contribution in [-0.4, -0.2) is 25.2 Å². The maximum Gasteiger partial charge on any atom is 0.321 e. The maximum atomic E-state index is 11.6. The average Bonchev–Trinajstić information content (AvgIpc) is 2.74. The standard InChI is InChI=1S/C19H25NO3S.C3H8.2C2H6/c1-6-15(8-7-13-22-5)16-9-11-17(12-10-16)24-20-14-18(21)23-19(2,3)4;1-3-2;2*1-2/h6-13,20H,1,14H2,2-5H3;3H2,1-2H3;2*1-2H3/b13-7+,15-8+;;;. The van der Waals surface area contributed by atoms with Crippen LogP contribution in [0.5, 0.6) is 0 Å². The van der Waals surface area contributed by atoms with Crippen LogP contribution in [0, 0.1) is 0 Å². The van der Waals surface area contributed by atoms with Crippen molar-refractivity contribution >= 4 is 23.5 Å². The van der Waals surface area contributed by atoms with Crippen molar-refractivity contribution in [3.63, 3.8) is 0 Å². The lowest BCUT2D eigenvalue weighted by Crippen LogP contribution is -2.29. The normalized spacial score (nSPS) is 10.5. The van der Waals surface area contributed by atoms with Crippen LogP contribution in [0.1, 0.15) is 74.3 Å². The van der Waals surface area contributed by atoms with Gasteiger partial charge in [0.15, 0.2) is 0 Å². The van der Waals surface area contributed by atoms with Crippen molar-refractivity contribution in [2.45, 2.75) is 79.2 Å². The second-order valence-corrected chi connectivity index (χ2v) is 7.60. The highest BCUT2D eigenvalue weighted by Crippen LogP contribution is 2.20. The van der Waals surface area contributed by atoms with Crippen LogP contribution < -0.4 is 4.72 Å². The molecular formula is C26H45NO3S. The largest absolute Gasteiger partial charge is 0.504 e. The van der Waals surface area contributed by atoms with Gasteiger partial charge in [0.25, 0.3) is 0 Å². The van der Waals surface area contributed by atoms with Crippen molar-refractivity contribution < 1.29 is 14.3 Å². The predicted octanol–water partition coefficient (Wildman–Crippen LogP) is 7.82. The Balaban J connectivity index is -0.000000999. The second kappa shape index (κ2) is 22.7. The van der Waals surface area contributed by atoms with Gasteiger partial charge in [-0.05, 0) is 62.1 Å². The molecule has 0 bridgehead atoms. The van der Waals surface area contributed by atoms with Crippen LogP contribution in [0.3, 0.4) is 0 Å². The zero-order chi connectivity index (χ0) is 24.7. The Morgan fingerprint density at radius 2 is 1.61 bits per heavy atom. The lowest BCUT2D eigenvalue weighted by molar-refractivity contribution is -0.153. The summed E-state index contributed by atoms with van der Waals surface area (Å²) in [6, 6.07) is 7.98. The number of hydrogen-bond donors (Lipinski definition) is 1. The molecule has 0 spiro atoms. The highest BCUT2D eigenvalue weighted by molar-refractivity contribution is 7.97. The summed E-state index contributed by atoms with van der Waals surface area (Å²) < 4.78 is 13.1. The first-order valence-electron chi connectivity index (χ1n) is 11.0. The number of esters is 1. The molecule has 5 heteroatoms. The monoisotopic (exact) mass is 451 g/mol. The third kappa shape index (κ3) is 21.1. The Morgan fingerprint density at radius 1 is 1.10 bits per heavy atom. The molecule has 0 aliphatic carbocycles. The van der Waals surface area contributed by atoms with E-state index in [4.69, 9.17) is 9.47 Å². The molecule has 1 aromatic rings. The van der Waals surface area contributed by atoms with Crippen LogP contribution in [0.25, 0.3) is 5.57 Å². The number of nitrogens with one attached hydrogen (secondary N) is 1. The van der Waals surface area contributed by atoms with Gasteiger partial charge in [0, 0.05) is 4.90 Å². The first-order valence-corrected chi connectivity index (χ1v) is 11.8. The van der Waals surface area contributed by atoms with Crippen molar-refractivity contribution in [2.75, 3.05) is 13.7 Å². The Bertz CT molecular complexity index is 615. The molecule has 0 unspecified atom stereocenters. The third-order valence-electron chi connectivity index (χ3n) is 2.72. The fourth-order valence-electron chi connectivity index (χ4n) is 1.77. The van der Waals surface area contributed by atoms with Gasteiger partial charge in [-0.2, -0.15) is 0 Å². The van der Waals surface area contributed by atoms with E-state index in [1.54, 1.807) is 19.4 Å².